The third-order valence-electron chi connectivity index (χ3n) is 8.60. The van der Waals surface area contributed by atoms with Gasteiger partial charge in [0, 0.05) is 46.4 Å². The maximum absolute atomic E-state index is 13.8. The summed E-state index contributed by atoms with van der Waals surface area (Å²) in [6, 6.07) is -0.731. The Bertz CT molecular complexity index is 790. The highest BCUT2D eigenvalue weighted by Gasteiger charge is 2.78. The van der Waals surface area contributed by atoms with Crippen LogP contribution in [0.25, 0.3) is 0 Å². The first-order chi connectivity index (χ1) is 16.9. The van der Waals surface area contributed by atoms with Crippen molar-refractivity contribution in [1.82, 2.24) is 20.4 Å². The average Bonchev–Trinajstić information content (AvgIpc) is 3.47. The first-order valence-corrected chi connectivity index (χ1v) is 13.3. The summed E-state index contributed by atoms with van der Waals surface area (Å²) in [5.41, 5.74) is -1.65. The lowest BCUT2D eigenvalue weighted by atomic mass is 9.65. The monoisotopic (exact) mass is 494 g/mol. The lowest BCUT2D eigenvalue weighted by molar-refractivity contribution is -0.147. The number of hydrogen-bond donors (Lipinski definition) is 3. The number of nitrogens with zero attached hydrogens (tertiary/aromatic N) is 2. The van der Waals surface area contributed by atoms with E-state index in [1.54, 1.807) is 11.9 Å². The summed E-state index contributed by atoms with van der Waals surface area (Å²) in [7, 11) is 1.60. The van der Waals surface area contributed by atoms with Crippen molar-refractivity contribution >= 4 is 17.7 Å². The van der Waals surface area contributed by atoms with E-state index in [-0.39, 0.29) is 24.3 Å². The molecule has 2 bridgehead atoms. The van der Waals surface area contributed by atoms with Crippen LogP contribution in [0.15, 0.2) is 0 Å². The molecule has 0 aromatic carbocycles. The van der Waals surface area contributed by atoms with Crippen molar-refractivity contribution in [2.75, 3.05) is 59.6 Å². The quantitative estimate of drug-likeness (QED) is 0.324. The number of aliphatic hydroxyl groups is 1. The van der Waals surface area contributed by atoms with E-state index in [1.165, 1.54) is 0 Å². The summed E-state index contributed by atoms with van der Waals surface area (Å²) >= 11 is 0. The fourth-order valence-electron chi connectivity index (χ4n) is 6.82. The summed E-state index contributed by atoms with van der Waals surface area (Å²) in [6.07, 6.45) is 5.12. The number of nitrogens with one attached hydrogen (secondary N) is 2. The lowest BCUT2D eigenvalue weighted by Crippen LogP contribution is -2.56. The largest absolute Gasteiger partial charge is 0.396 e. The van der Waals surface area contributed by atoms with E-state index in [1.807, 2.05) is 6.92 Å². The molecule has 1 spiro atoms. The number of carbonyl (C=O) groups excluding carboxylic acids is 3. The Morgan fingerprint density at radius 1 is 1.09 bits per heavy atom. The van der Waals surface area contributed by atoms with Crippen LogP contribution in [0.4, 0.5) is 0 Å². The minimum Gasteiger partial charge on any atom is -0.396 e. The van der Waals surface area contributed by atoms with Crippen LogP contribution in [0.3, 0.4) is 0 Å². The second kappa shape index (κ2) is 11.1. The standard InChI is InChI=1S/C25H42N4O6/c1-3-24-8-9-25(35-24)19(18(24)21(31)26-2)23(33)29(11-6-4-5-7-15-30)20(25)22(32)27-10-12-28-13-16-34-17-14-28/h18-20,30H,3-17H2,1-2H3,(H,26,31)(H,27,32)/t18-,19-,20?,24+,25?/m0/s1. The number of ether oxygens (including phenoxy) is 2. The molecule has 3 N–H and O–H groups in total. The smallest absolute Gasteiger partial charge is 0.245 e. The Kier molecular flexibility index (Phi) is 8.35. The lowest BCUT2D eigenvalue weighted by Gasteiger charge is -2.34. The predicted octanol–water partition coefficient (Wildman–Crippen LogP) is -0.112. The molecule has 10 heteroatoms. The number of rotatable bonds is 12. The Balaban J connectivity index is 1.53. The highest BCUT2D eigenvalue weighted by atomic mass is 16.5. The zero-order chi connectivity index (χ0) is 25.1. The molecule has 0 aliphatic carbocycles. The third kappa shape index (κ3) is 4.70. The molecule has 2 unspecified atom stereocenters. The van der Waals surface area contributed by atoms with Crippen LogP contribution in [0.5, 0.6) is 0 Å². The van der Waals surface area contributed by atoms with E-state index >= 15 is 0 Å². The van der Waals surface area contributed by atoms with Gasteiger partial charge in [-0.05, 0) is 32.1 Å². The summed E-state index contributed by atoms with van der Waals surface area (Å²) in [5, 5.41) is 14.9. The maximum Gasteiger partial charge on any atom is 0.245 e. The van der Waals surface area contributed by atoms with Gasteiger partial charge in [0.25, 0.3) is 0 Å². The number of unbranched alkanes of at least 4 members (excludes halogenated alkanes) is 3. The van der Waals surface area contributed by atoms with Gasteiger partial charge in [-0.1, -0.05) is 19.8 Å². The molecule has 0 aromatic heterocycles. The highest BCUT2D eigenvalue weighted by Crippen LogP contribution is 2.64. The topological polar surface area (TPSA) is 120 Å². The van der Waals surface area contributed by atoms with Gasteiger partial charge in [-0.2, -0.15) is 0 Å². The van der Waals surface area contributed by atoms with Crippen LogP contribution in [0.1, 0.15) is 51.9 Å². The van der Waals surface area contributed by atoms with Gasteiger partial charge >= 0.3 is 0 Å². The van der Waals surface area contributed by atoms with Crippen LogP contribution in [0, 0.1) is 11.8 Å². The molecule has 0 aromatic rings. The Morgan fingerprint density at radius 2 is 1.83 bits per heavy atom. The molecule has 4 rings (SSSR count). The molecule has 4 heterocycles. The average molecular weight is 495 g/mol. The summed E-state index contributed by atoms with van der Waals surface area (Å²) in [4.78, 5) is 44.5. The van der Waals surface area contributed by atoms with Crippen molar-refractivity contribution < 1.29 is 29.0 Å². The normalized spacial score (nSPS) is 34.3. The molecule has 5 atom stereocenters. The molecule has 4 aliphatic heterocycles. The number of aliphatic hydroxyl groups excluding tert-OH is 1. The molecule has 35 heavy (non-hydrogen) atoms. The van der Waals surface area contributed by atoms with E-state index in [4.69, 9.17) is 14.6 Å². The zero-order valence-corrected chi connectivity index (χ0v) is 21.2. The SMILES string of the molecule is CC[C@]12CCC3(O1)C(C(=O)NCCN1CCOCC1)N(CCCCCCO)C(=O)[C@@H]3[C@H]2C(=O)NC. The van der Waals surface area contributed by atoms with Crippen molar-refractivity contribution in [1.29, 1.82) is 0 Å². The minimum atomic E-state index is -0.960. The van der Waals surface area contributed by atoms with Crippen molar-refractivity contribution in [2.24, 2.45) is 11.8 Å². The van der Waals surface area contributed by atoms with Gasteiger partial charge in [-0.3, -0.25) is 19.3 Å². The fraction of sp³-hybridized carbons (Fsp3) is 0.880. The van der Waals surface area contributed by atoms with E-state index in [2.05, 4.69) is 15.5 Å². The first kappa shape index (κ1) is 26.3. The second-order valence-electron chi connectivity index (χ2n) is 10.4. The highest BCUT2D eigenvalue weighted by molar-refractivity contribution is 5.99. The Hall–Kier alpha value is -1.75. The zero-order valence-electron chi connectivity index (χ0n) is 21.2. The molecule has 4 fully saturated rings. The van der Waals surface area contributed by atoms with Crippen molar-refractivity contribution in [3.8, 4) is 0 Å². The van der Waals surface area contributed by atoms with Crippen molar-refractivity contribution in [2.45, 2.75) is 69.1 Å². The van der Waals surface area contributed by atoms with Gasteiger partial charge in [0.15, 0.2) is 0 Å². The van der Waals surface area contributed by atoms with Crippen LogP contribution in [-0.2, 0) is 23.9 Å². The molecule has 0 saturated carbocycles. The van der Waals surface area contributed by atoms with E-state index < -0.39 is 29.1 Å². The van der Waals surface area contributed by atoms with Crippen LogP contribution in [0.2, 0.25) is 0 Å². The van der Waals surface area contributed by atoms with Gasteiger partial charge in [0.2, 0.25) is 17.7 Å². The fourth-order valence-corrected chi connectivity index (χ4v) is 6.82. The molecule has 4 saturated heterocycles. The molecular weight excluding hydrogens is 452 g/mol. The Morgan fingerprint density at radius 3 is 2.51 bits per heavy atom. The van der Waals surface area contributed by atoms with E-state index in [9.17, 15) is 14.4 Å². The second-order valence-corrected chi connectivity index (χ2v) is 10.4. The first-order valence-electron chi connectivity index (χ1n) is 13.3. The van der Waals surface area contributed by atoms with Gasteiger partial charge in [0.05, 0.1) is 30.7 Å². The number of morpholine rings is 1. The molecule has 0 radical (unpaired) electrons. The predicted molar refractivity (Wildman–Crippen MR) is 128 cm³/mol. The summed E-state index contributed by atoms with van der Waals surface area (Å²) < 4.78 is 12.1. The third-order valence-corrected chi connectivity index (χ3v) is 8.60. The van der Waals surface area contributed by atoms with Gasteiger partial charge in [0.1, 0.15) is 11.6 Å². The van der Waals surface area contributed by atoms with Crippen molar-refractivity contribution in [3.63, 3.8) is 0 Å². The number of carbonyl (C=O) groups is 3. The number of hydrogen-bond acceptors (Lipinski definition) is 7. The van der Waals surface area contributed by atoms with Crippen LogP contribution in [-0.4, -0.2) is 109 Å². The minimum absolute atomic E-state index is 0.135. The number of fused-ring (bicyclic) bond motifs is 1. The maximum atomic E-state index is 13.8. The summed E-state index contributed by atoms with van der Waals surface area (Å²) in [5.74, 6) is -1.72. The van der Waals surface area contributed by atoms with Crippen molar-refractivity contribution in [3.05, 3.63) is 0 Å². The molecule has 3 amide bonds. The van der Waals surface area contributed by atoms with Gasteiger partial charge in [-0.25, -0.2) is 0 Å². The van der Waals surface area contributed by atoms with Gasteiger partial charge < -0.3 is 30.1 Å². The molecule has 10 nitrogen and oxygen atoms in total. The number of amides is 3. The van der Waals surface area contributed by atoms with Gasteiger partial charge in [-0.15, -0.1) is 0 Å². The van der Waals surface area contributed by atoms with Crippen LogP contribution < -0.4 is 10.6 Å². The number of likely N-dealkylation sites (tertiary alicyclic amines) is 1. The molecule has 198 valence electrons. The van der Waals surface area contributed by atoms with Crippen LogP contribution >= 0.6 is 0 Å². The molecule has 4 aliphatic rings. The molecular formula is C25H42N4O6. The van der Waals surface area contributed by atoms with E-state index in [0.717, 1.165) is 45.3 Å². The Labute approximate surface area is 208 Å². The van der Waals surface area contributed by atoms with E-state index in [0.29, 0.717) is 45.6 Å². The summed E-state index contributed by atoms with van der Waals surface area (Å²) in [6.45, 7) is 6.92.